The second kappa shape index (κ2) is 5.35. The maximum Gasteiger partial charge on any atom is 0.272 e. The van der Waals surface area contributed by atoms with Gasteiger partial charge in [0.15, 0.2) is 0 Å². The zero-order valence-electron chi connectivity index (χ0n) is 11.8. The molecule has 1 rings (SSSR count). The first kappa shape index (κ1) is 14.4. The van der Waals surface area contributed by atoms with Crippen molar-refractivity contribution in [1.82, 2.24) is 9.88 Å². The molecule has 1 aromatic rings. The van der Waals surface area contributed by atoms with Crippen LogP contribution in [0.4, 0.5) is 5.69 Å². The maximum absolute atomic E-state index is 11.9. The van der Waals surface area contributed by atoms with Crippen molar-refractivity contribution in [2.24, 2.45) is 5.73 Å². The van der Waals surface area contributed by atoms with Crippen LogP contribution >= 0.6 is 0 Å². The lowest BCUT2D eigenvalue weighted by Gasteiger charge is -2.36. The first-order chi connectivity index (χ1) is 8.29. The summed E-state index contributed by atoms with van der Waals surface area (Å²) < 4.78 is 0. The van der Waals surface area contributed by atoms with Crippen molar-refractivity contribution in [3.05, 3.63) is 24.0 Å². The lowest BCUT2D eigenvalue weighted by molar-refractivity contribution is 0.0822. The molecule has 0 fully saturated rings. The van der Waals surface area contributed by atoms with Gasteiger partial charge in [-0.05, 0) is 26.0 Å². The maximum atomic E-state index is 11.9. The van der Waals surface area contributed by atoms with Crippen molar-refractivity contribution >= 4 is 11.6 Å². The Morgan fingerprint density at radius 2 is 2.00 bits per heavy atom. The van der Waals surface area contributed by atoms with Gasteiger partial charge in [-0.3, -0.25) is 9.78 Å². The van der Waals surface area contributed by atoms with Gasteiger partial charge in [-0.1, -0.05) is 0 Å². The molecule has 0 bridgehead atoms. The topological polar surface area (TPSA) is 62.5 Å². The minimum atomic E-state index is -0.167. The Balaban J connectivity index is 3.06. The molecule has 0 radical (unpaired) electrons. The molecule has 0 saturated carbocycles. The molecular weight excluding hydrogens is 228 g/mol. The fourth-order valence-electron chi connectivity index (χ4n) is 1.46. The molecule has 0 aliphatic heterocycles. The Hall–Kier alpha value is -1.62. The summed E-state index contributed by atoms with van der Waals surface area (Å²) in [6.45, 7) is 4.64. The molecule has 18 heavy (non-hydrogen) atoms. The first-order valence-corrected chi connectivity index (χ1v) is 5.91. The second-order valence-electron chi connectivity index (χ2n) is 5.17. The van der Waals surface area contributed by atoms with Crippen LogP contribution in [0.2, 0.25) is 0 Å². The summed E-state index contributed by atoms with van der Waals surface area (Å²) in [5, 5.41) is 0. The molecule has 0 atom stereocenters. The average Bonchev–Trinajstić information content (AvgIpc) is 2.36. The van der Waals surface area contributed by atoms with Crippen LogP contribution in [0.1, 0.15) is 24.3 Å². The van der Waals surface area contributed by atoms with Crippen molar-refractivity contribution in [2.45, 2.75) is 19.4 Å². The average molecular weight is 250 g/mol. The molecular formula is C13H22N4O. The number of carbonyl (C=O) groups is 1. The van der Waals surface area contributed by atoms with Crippen LogP contribution in [-0.4, -0.2) is 49.0 Å². The molecule has 1 aromatic heterocycles. The Morgan fingerprint density at radius 1 is 1.39 bits per heavy atom. The third-order valence-electron chi connectivity index (χ3n) is 3.16. The van der Waals surface area contributed by atoms with Crippen molar-refractivity contribution in [3.63, 3.8) is 0 Å². The molecule has 0 saturated heterocycles. The van der Waals surface area contributed by atoms with Crippen LogP contribution in [0, 0.1) is 0 Å². The highest BCUT2D eigenvalue weighted by Crippen LogP contribution is 2.21. The lowest BCUT2D eigenvalue weighted by atomic mass is 10.0. The smallest absolute Gasteiger partial charge is 0.272 e. The van der Waals surface area contributed by atoms with Gasteiger partial charge in [-0.25, -0.2) is 0 Å². The van der Waals surface area contributed by atoms with E-state index in [4.69, 9.17) is 5.73 Å². The molecule has 5 heteroatoms. The first-order valence-electron chi connectivity index (χ1n) is 5.91. The van der Waals surface area contributed by atoms with Crippen LogP contribution in [0.3, 0.4) is 0 Å². The van der Waals surface area contributed by atoms with Crippen LogP contribution in [0.15, 0.2) is 18.3 Å². The molecule has 2 N–H and O–H groups in total. The number of amides is 1. The van der Waals surface area contributed by atoms with Crippen LogP contribution in [0.25, 0.3) is 0 Å². The van der Waals surface area contributed by atoms with Crippen LogP contribution in [0.5, 0.6) is 0 Å². The highest BCUT2D eigenvalue weighted by molar-refractivity contribution is 5.92. The van der Waals surface area contributed by atoms with Gasteiger partial charge in [-0.2, -0.15) is 0 Å². The standard InChI is InChI=1S/C13H22N4O/c1-13(2,9-14)17(5)10-6-7-15-11(8-10)12(18)16(3)4/h6-8H,9,14H2,1-5H3. The largest absolute Gasteiger partial charge is 0.368 e. The van der Waals surface area contributed by atoms with E-state index in [1.807, 2.05) is 13.1 Å². The fraction of sp³-hybridized carbons (Fsp3) is 0.538. The minimum absolute atomic E-state index is 0.101. The van der Waals surface area contributed by atoms with Gasteiger partial charge in [0.25, 0.3) is 5.91 Å². The van der Waals surface area contributed by atoms with E-state index in [1.54, 1.807) is 26.4 Å². The van der Waals surface area contributed by atoms with Crippen molar-refractivity contribution in [1.29, 1.82) is 0 Å². The zero-order chi connectivity index (χ0) is 13.9. The molecule has 100 valence electrons. The summed E-state index contributed by atoms with van der Waals surface area (Å²) in [7, 11) is 5.39. The molecule has 0 aliphatic rings. The minimum Gasteiger partial charge on any atom is -0.368 e. The van der Waals surface area contributed by atoms with Gasteiger partial charge in [0.2, 0.25) is 0 Å². The molecule has 1 amide bonds. The predicted octanol–water partition coefficient (Wildman–Crippen LogP) is 0.957. The third kappa shape index (κ3) is 2.98. The summed E-state index contributed by atoms with van der Waals surface area (Å²) in [6, 6.07) is 3.67. The van der Waals surface area contributed by atoms with E-state index in [2.05, 4.69) is 23.7 Å². The van der Waals surface area contributed by atoms with Crippen molar-refractivity contribution in [2.75, 3.05) is 32.6 Å². The number of hydrogen-bond acceptors (Lipinski definition) is 4. The fourth-order valence-corrected chi connectivity index (χ4v) is 1.46. The van der Waals surface area contributed by atoms with Gasteiger partial charge in [0.05, 0.1) is 0 Å². The van der Waals surface area contributed by atoms with E-state index in [0.717, 1.165) is 5.69 Å². The molecule has 0 unspecified atom stereocenters. The van der Waals surface area contributed by atoms with Crippen molar-refractivity contribution in [3.8, 4) is 0 Å². The second-order valence-corrected chi connectivity index (χ2v) is 5.17. The van der Waals surface area contributed by atoms with Crippen molar-refractivity contribution < 1.29 is 4.79 Å². The number of hydrogen-bond donors (Lipinski definition) is 1. The number of aromatic nitrogens is 1. The Labute approximate surface area is 109 Å². The van der Waals surface area contributed by atoms with E-state index in [-0.39, 0.29) is 11.4 Å². The third-order valence-corrected chi connectivity index (χ3v) is 3.16. The summed E-state index contributed by atoms with van der Waals surface area (Å²) in [4.78, 5) is 19.5. The van der Waals surface area contributed by atoms with Gasteiger partial charge in [-0.15, -0.1) is 0 Å². The number of pyridine rings is 1. The summed E-state index contributed by atoms with van der Waals surface area (Å²) in [6.07, 6.45) is 1.65. The Bertz CT molecular complexity index is 429. The number of likely N-dealkylation sites (N-methyl/N-ethyl adjacent to an activating group) is 1. The monoisotopic (exact) mass is 250 g/mol. The normalized spacial score (nSPS) is 11.2. The van der Waals surface area contributed by atoms with E-state index in [9.17, 15) is 4.79 Å². The molecule has 5 nitrogen and oxygen atoms in total. The van der Waals surface area contributed by atoms with Gasteiger partial charge in [0, 0.05) is 45.1 Å². The Morgan fingerprint density at radius 3 is 2.50 bits per heavy atom. The van der Waals surface area contributed by atoms with E-state index in [0.29, 0.717) is 12.2 Å². The summed E-state index contributed by atoms with van der Waals surface area (Å²) >= 11 is 0. The Kier molecular flexibility index (Phi) is 4.29. The molecule has 1 heterocycles. The number of rotatable bonds is 4. The quantitative estimate of drug-likeness (QED) is 0.864. The number of nitrogens with two attached hydrogens (primary N) is 1. The lowest BCUT2D eigenvalue weighted by Crippen LogP contribution is -2.47. The molecule has 0 aliphatic carbocycles. The SMILES string of the molecule is CN(C)C(=O)c1cc(N(C)C(C)(C)CN)ccn1. The van der Waals surface area contributed by atoms with Gasteiger partial charge >= 0.3 is 0 Å². The van der Waals surface area contributed by atoms with Crippen LogP contribution < -0.4 is 10.6 Å². The summed E-state index contributed by atoms with van der Waals surface area (Å²) in [5.41, 5.74) is 6.97. The molecule has 0 spiro atoms. The highest BCUT2D eigenvalue weighted by Gasteiger charge is 2.22. The van der Waals surface area contributed by atoms with Crippen LogP contribution in [-0.2, 0) is 0 Å². The number of carbonyl (C=O) groups excluding carboxylic acids is 1. The summed E-state index contributed by atoms with van der Waals surface area (Å²) in [5.74, 6) is -0.101. The number of nitrogens with zero attached hydrogens (tertiary/aromatic N) is 3. The van der Waals surface area contributed by atoms with E-state index < -0.39 is 0 Å². The van der Waals surface area contributed by atoms with Gasteiger partial charge < -0.3 is 15.5 Å². The number of anilines is 1. The zero-order valence-corrected chi connectivity index (χ0v) is 11.8. The van der Waals surface area contributed by atoms with E-state index >= 15 is 0 Å². The van der Waals surface area contributed by atoms with Gasteiger partial charge in [0.1, 0.15) is 5.69 Å². The highest BCUT2D eigenvalue weighted by atomic mass is 16.2. The predicted molar refractivity (Wildman–Crippen MR) is 73.8 cm³/mol. The molecule has 0 aromatic carbocycles. The van der Waals surface area contributed by atoms with E-state index in [1.165, 1.54) is 4.90 Å².